The average molecular weight is 357 g/mol. The lowest BCUT2D eigenvalue weighted by molar-refractivity contribution is 0.174. The van der Waals surface area contributed by atoms with E-state index < -0.39 is 0 Å². The van der Waals surface area contributed by atoms with Crippen LogP contribution in [0.1, 0.15) is 5.69 Å². The van der Waals surface area contributed by atoms with Crippen molar-refractivity contribution in [3.05, 3.63) is 66.4 Å². The van der Waals surface area contributed by atoms with Crippen molar-refractivity contribution in [2.75, 3.05) is 13.9 Å². The third-order valence-electron chi connectivity index (χ3n) is 5.02. The van der Waals surface area contributed by atoms with Gasteiger partial charge >= 0.3 is 0 Å². The SMILES string of the molecule is COc1ccc(-c2cc(-c3ccc4c(c3)OCO4)c3ccc(C)[nH]c2-3)cc1. The molecular formula is C23H19NO3. The van der Waals surface area contributed by atoms with Crippen LogP contribution in [0.2, 0.25) is 0 Å². The number of aromatic nitrogens is 1. The summed E-state index contributed by atoms with van der Waals surface area (Å²) < 4.78 is 16.3. The molecule has 134 valence electrons. The minimum absolute atomic E-state index is 0.282. The number of hydrogen-bond acceptors (Lipinski definition) is 3. The molecule has 0 amide bonds. The smallest absolute Gasteiger partial charge is 0.231 e. The number of ether oxygens (including phenoxy) is 3. The molecule has 27 heavy (non-hydrogen) atoms. The van der Waals surface area contributed by atoms with E-state index in [1.807, 2.05) is 18.2 Å². The summed E-state index contributed by atoms with van der Waals surface area (Å²) in [4.78, 5) is 3.54. The predicted molar refractivity (Wildman–Crippen MR) is 106 cm³/mol. The minimum atomic E-state index is 0.282. The Morgan fingerprint density at radius 2 is 1.56 bits per heavy atom. The third-order valence-corrected chi connectivity index (χ3v) is 5.02. The quantitative estimate of drug-likeness (QED) is 0.526. The summed E-state index contributed by atoms with van der Waals surface area (Å²) in [6.45, 7) is 2.36. The van der Waals surface area contributed by atoms with E-state index >= 15 is 0 Å². The molecule has 0 spiro atoms. The Labute approximate surface area is 157 Å². The number of aryl methyl sites for hydroxylation is 1. The highest BCUT2D eigenvalue weighted by Gasteiger charge is 2.21. The lowest BCUT2D eigenvalue weighted by Gasteiger charge is -2.09. The largest absolute Gasteiger partial charge is 0.497 e. The molecule has 0 saturated heterocycles. The zero-order valence-corrected chi connectivity index (χ0v) is 15.2. The Balaban J connectivity index is 1.69. The van der Waals surface area contributed by atoms with Gasteiger partial charge in [0.1, 0.15) is 5.75 Å². The average Bonchev–Trinajstić information content (AvgIpc) is 3.31. The summed E-state index contributed by atoms with van der Waals surface area (Å²) in [5.74, 6) is 2.45. The van der Waals surface area contributed by atoms with E-state index in [4.69, 9.17) is 14.2 Å². The van der Waals surface area contributed by atoms with Crippen LogP contribution in [0.4, 0.5) is 0 Å². The van der Waals surface area contributed by atoms with Crippen LogP contribution in [0.25, 0.3) is 33.5 Å². The highest BCUT2D eigenvalue weighted by Crippen LogP contribution is 2.45. The number of methoxy groups -OCH3 is 1. The van der Waals surface area contributed by atoms with Gasteiger partial charge < -0.3 is 19.2 Å². The van der Waals surface area contributed by atoms with Crippen LogP contribution in [0.15, 0.2) is 60.7 Å². The zero-order chi connectivity index (χ0) is 18.4. The molecule has 0 bridgehead atoms. The molecule has 4 heteroatoms. The number of nitrogens with one attached hydrogen (secondary N) is 1. The first-order valence-electron chi connectivity index (χ1n) is 8.90. The van der Waals surface area contributed by atoms with Crippen molar-refractivity contribution < 1.29 is 14.2 Å². The number of benzene rings is 2. The van der Waals surface area contributed by atoms with Gasteiger partial charge in [-0.2, -0.15) is 0 Å². The van der Waals surface area contributed by atoms with Gasteiger partial charge in [0.05, 0.1) is 12.8 Å². The monoisotopic (exact) mass is 357 g/mol. The molecule has 2 aromatic rings. The molecule has 2 heterocycles. The van der Waals surface area contributed by atoms with Crippen molar-refractivity contribution in [3.8, 4) is 50.8 Å². The van der Waals surface area contributed by atoms with Crippen molar-refractivity contribution in [2.24, 2.45) is 0 Å². The van der Waals surface area contributed by atoms with Crippen LogP contribution in [0.3, 0.4) is 0 Å². The first-order valence-corrected chi connectivity index (χ1v) is 8.90. The predicted octanol–water partition coefficient (Wildman–Crippen LogP) is 5.50. The van der Waals surface area contributed by atoms with Crippen molar-refractivity contribution in [2.45, 2.75) is 6.92 Å². The summed E-state index contributed by atoms with van der Waals surface area (Å²) in [6.07, 6.45) is 0. The second-order valence-corrected chi connectivity index (χ2v) is 6.70. The molecule has 3 aliphatic rings. The lowest BCUT2D eigenvalue weighted by atomic mass is 10.0. The molecule has 2 aromatic carbocycles. The maximum atomic E-state index is 5.56. The van der Waals surface area contributed by atoms with E-state index in [1.165, 1.54) is 16.7 Å². The molecule has 4 nitrogen and oxygen atoms in total. The van der Waals surface area contributed by atoms with Gasteiger partial charge in [-0.05, 0) is 60.0 Å². The second-order valence-electron chi connectivity index (χ2n) is 6.70. The van der Waals surface area contributed by atoms with E-state index in [9.17, 15) is 0 Å². The summed E-state index contributed by atoms with van der Waals surface area (Å²) in [7, 11) is 1.68. The molecule has 2 aliphatic heterocycles. The van der Waals surface area contributed by atoms with E-state index in [1.54, 1.807) is 7.11 Å². The first-order chi connectivity index (χ1) is 13.2. The minimum Gasteiger partial charge on any atom is -0.497 e. The van der Waals surface area contributed by atoms with Crippen LogP contribution >= 0.6 is 0 Å². The Morgan fingerprint density at radius 3 is 2.37 bits per heavy atom. The molecule has 0 atom stereocenters. The van der Waals surface area contributed by atoms with Gasteiger partial charge in [0.25, 0.3) is 0 Å². The molecule has 0 fully saturated rings. The normalized spacial score (nSPS) is 12.5. The highest BCUT2D eigenvalue weighted by molar-refractivity contribution is 5.96. The fourth-order valence-corrected chi connectivity index (χ4v) is 3.63. The summed E-state index contributed by atoms with van der Waals surface area (Å²) in [6, 6.07) is 20.8. The Hall–Kier alpha value is -3.40. The van der Waals surface area contributed by atoms with Crippen LogP contribution in [-0.2, 0) is 0 Å². The number of fused-ring (bicyclic) bond motifs is 2. The number of H-pyrrole nitrogens is 1. The highest BCUT2D eigenvalue weighted by atomic mass is 16.7. The number of pyridine rings is 1. The molecule has 0 unspecified atom stereocenters. The fourth-order valence-electron chi connectivity index (χ4n) is 3.63. The number of aromatic amines is 1. The van der Waals surface area contributed by atoms with Crippen molar-refractivity contribution in [1.29, 1.82) is 0 Å². The van der Waals surface area contributed by atoms with E-state index in [-0.39, 0.29) is 6.79 Å². The van der Waals surface area contributed by atoms with Crippen LogP contribution in [0.5, 0.6) is 17.2 Å². The summed E-state index contributed by atoms with van der Waals surface area (Å²) >= 11 is 0. The molecule has 1 N–H and O–H groups in total. The van der Waals surface area contributed by atoms with Crippen molar-refractivity contribution >= 4 is 0 Å². The topological polar surface area (TPSA) is 43.5 Å². The first kappa shape index (κ1) is 15.8. The van der Waals surface area contributed by atoms with Gasteiger partial charge in [-0.15, -0.1) is 0 Å². The van der Waals surface area contributed by atoms with Crippen LogP contribution < -0.4 is 14.2 Å². The Morgan fingerprint density at radius 1 is 0.778 bits per heavy atom. The molecular weight excluding hydrogens is 338 g/mol. The molecule has 0 aromatic heterocycles. The second kappa shape index (κ2) is 6.09. The van der Waals surface area contributed by atoms with Gasteiger partial charge in [-0.1, -0.05) is 24.3 Å². The lowest BCUT2D eigenvalue weighted by Crippen LogP contribution is -1.92. The van der Waals surface area contributed by atoms with Crippen molar-refractivity contribution in [3.63, 3.8) is 0 Å². The van der Waals surface area contributed by atoms with Crippen LogP contribution in [0, 0.1) is 6.92 Å². The summed E-state index contributed by atoms with van der Waals surface area (Å²) in [5, 5.41) is 0. The summed E-state index contributed by atoms with van der Waals surface area (Å²) in [5.41, 5.74) is 8.04. The number of rotatable bonds is 3. The maximum absolute atomic E-state index is 5.56. The van der Waals surface area contributed by atoms with Crippen LogP contribution in [-0.4, -0.2) is 18.9 Å². The van der Waals surface area contributed by atoms with E-state index in [0.717, 1.165) is 39.8 Å². The molecule has 1 aliphatic carbocycles. The number of hydrogen-bond donors (Lipinski definition) is 1. The zero-order valence-electron chi connectivity index (χ0n) is 15.2. The molecule has 5 rings (SSSR count). The van der Waals surface area contributed by atoms with Gasteiger partial charge in [0, 0.05) is 16.8 Å². The Kier molecular flexibility index (Phi) is 3.57. The fraction of sp³-hybridized carbons (Fsp3) is 0.130. The maximum Gasteiger partial charge on any atom is 0.231 e. The van der Waals surface area contributed by atoms with Gasteiger partial charge in [0.15, 0.2) is 11.5 Å². The van der Waals surface area contributed by atoms with Gasteiger partial charge in [0.2, 0.25) is 6.79 Å². The van der Waals surface area contributed by atoms with Crippen molar-refractivity contribution in [1.82, 2.24) is 4.98 Å². The third kappa shape index (κ3) is 2.61. The van der Waals surface area contributed by atoms with Gasteiger partial charge in [-0.3, -0.25) is 0 Å². The van der Waals surface area contributed by atoms with Gasteiger partial charge in [-0.25, -0.2) is 0 Å². The van der Waals surface area contributed by atoms with E-state index in [0.29, 0.717) is 0 Å². The Bertz CT molecular complexity index is 1100. The molecule has 0 saturated carbocycles. The standard InChI is InChI=1S/C23H19NO3/c1-14-3-9-18-19(16-6-10-21-22(11-16)27-13-26-21)12-20(23(18)24-14)15-4-7-17(25-2)8-5-15/h3-12,24H,13H2,1-2H3. The van der Waals surface area contributed by atoms with E-state index in [2.05, 4.69) is 54.4 Å². The molecule has 0 radical (unpaired) electrons.